The zero-order valence-corrected chi connectivity index (χ0v) is 22.9. The van der Waals surface area contributed by atoms with Crippen LogP contribution < -0.4 is 0 Å². The molecule has 6 N–H and O–H groups in total. The molecule has 0 amide bonds. The number of rotatable bonds is 17. The molecule has 11 heteroatoms. The maximum atomic E-state index is 12.0. The van der Waals surface area contributed by atoms with E-state index in [1.54, 1.807) is 6.92 Å². The molecule has 38 heavy (non-hydrogen) atoms. The fraction of sp³-hybridized carbons (Fsp3) is 0.963. The summed E-state index contributed by atoms with van der Waals surface area (Å²) in [6.07, 6.45) is 2.29. The summed E-state index contributed by atoms with van der Waals surface area (Å²) in [5, 5.41) is 58.4. The minimum Gasteiger partial charge on any atom is -0.433 e. The Morgan fingerprint density at radius 2 is 1.37 bits per heavy atom. The zero-order chi connectivity index (χ0) is 28.1. The number of hydrogen-bond donors (Lipinski definition) is 6. The molecule has 11 nitrogen and oxygen atoms in total. The van der Waals surface area contributed by atoms with Crippen LogP contribution in [0, 0.1) is 0 Å². The monoisotopic (exact) mass is 550 g/mol. The van der Waals surface area contributed by atoms with Gasteiger partial charge in [-0.1, -0.05) is 57.8 Å². The van der Waals surface area contributed by atoms with Crippen molar-refractivity contribution in [2.45, 2.75) is 159 Å². The van der Waals surface area contributed by atoms with Crippen LogP contribution in [0.15, 0.2) is 0 Å². The van der Waals surface area contributed by atoms with E-state index in [9.17, 15) is 35.4 Å². The lowest BCUT2D eigenvalue weighted by molar-refractivity contribution is -0.292. The third-order valence-electron chi connectivity index (χ3n) is 7.39. The third kappa shape index (κ3) is 11.3. The highest BCUT2D eigenvalue weighted by molar-refractivity contribution is 5.69. The number of hydrogen-bond acceptors (Lipinski definition) is 11. The highest BCUT2D eigenvalue weighted by Gasteiger charge is 2.45. The van der Waals surface area contributed by atoms with Crippen LogP contribution in [0.4, 0.5) is 0 Å². The molecule has 2 aliphatic heterocycles. The second-order valence-corrected chi connectivity index (χ2v) is 10.8. The molecule has 0 unspecified atom stereocenters. The van der Waals surface area contributed by atoms with Crippen molar-refractivity contribution < 1.29 is 54.4 Å². The molecule has 0 bridgehead atoms. The van der Waals surface area contributed by atoms with Crippen molar-refractivity contribution in [1.82, 2.24) is 0 Å². The van der Waals surface area contributed by atoms with Gasteiger partial charge in [-0.05, 0) is 26.7 Å². The van der Waals surface area contributed by atoms with Gasteiger partial charge in [-0.25, -0.2) is 0 Å². The lowest BCUT2D eigenvalue weighted by Crippen LogP contribution is -2.59. The third-order valence-corrected chi connectivity index (χ3v) is 7.39. The first-order valence-corrected chi connectivity index (χ1v) is 14.3. The highest BCUT2D eigenvalue weighted by atomic mass is 16.7. The summed E-state index contributed by atoms with van der Waals surface area (Å²) in [6.45, 7) is 3.20. The molecule has 2 saturated heterocycles. The van der Waals surface area contributed by atoms with Crippen molar-refractivity contribution in [3.05, 3.63) is 0 Å². The van der Waals surface area contributed by atoms with Crippen LogP contribution in [0.2, 0.25) is 0 Å². The number of esters is 1. The molecule has 224 valence electrons. The van der Waals surface area contributed by atoms with Crippen LogP contribution in [-0.2, 0) is 23.7 Å². The topological polar surface area (TPSA) is 175 Å². The van der Waals surface area contributed by atoms with Crippen molar-refractivity contribution in [3.8, 4) is 0 Å². The molecular weight excluding hydrogens is 500 g/mol. The molecule has 10 atom stereocenters. The molecule has 0 aromatic heterocycles. The number of aliphatic hydroxyl groups is 6. The van der Waals surface area contributed by atoms with Crippen LogP contribution in [-0.4, -0.2) is 105 Å². The molecule has 0 aromatic carbocycles. The van der Waals surface area contributed by atoms with Gasteiger partial charge in [-0.3, -0.25) is 4.79 Å². The molecule has 2 rings (SSSR count). The SMILES string of the molecule is C[C@H](CCCCCCCCCCCCC(=O)O[C@@H]1O[C@H](CO)[C@@H](O)[C@H](O)[C@H]1O)O[C@@H]1O[C@@H](C)[C@H](O)C[C@H]1O. The van der Waals surface area contributed by atoms with Crippen molar-refractivity contribution in [1.29, 1.82) is 0 Å². The van der Waals surface area contributed by atoms with Gasteiger partial charge in [0.2, 0.25) is 6.29 Å². The van der Waals surface area contributed by atoms with E-state index >= 15 is 0 Å². The molecular formula is C27H50O11. The minimum atomic E-state index is -1.57. The van der Waals surface area contributed by atoms with Crippen LogP contribution >= 0.6 is 0 Å². The van der Waals surface area contributed by atoms with Gasteiger partial charge < -0.3 is 49.6 Å². The first-order valence-electron chi connectivity index (χ1n) is 14.3. The van der Waals surface area contributed by atoms with Crippen molar-refractivity contribution in [2.24, 2.45) is 0 Å². The predicted octanol–water partition coefficient (Wildman–Crippen LogP) is 1.27. The predicted molar refractivity (Wildman–Crippen MR) is 137 cm³/mol. The van der Waals surface area contributed by atoms with E-state index in [1.165, 1.54) is 19.3 Å². The smallest absolute Gasteiger partial charge is 0.308 e. The summed E-state index contributed by atoms with van der Waals surface area (Å²) in [5.74, 6) is -0.551. The number of carbonyl (C=O) groups excluding carboxylic acids is 1. The maximum Gasteiger partial charge on any atom is 0.308 e. The van der Waals surface area contributed by atoms with Crippen molar-refractivity contribution in [2.75, 3.05) is 6.61 Å². The van der Waals surface area contributed by atoms with E-state index in [2.05, 4.69) is 0 Å². The van der Waals surface area contributed by atoms with E-state index in [0.717, 1.165) is 44.9 Å². The average Bonchev–Trinajstić information content (AvgIpc) is 2.88. The number of aliphatic hydroxyl groups excluding tert-OH is 6. The van der Waals surface area contributed by atoms with Crippen LogP contribution in [0.3, 0.4) is 0 Å². The van der Waals surface area contributed by atoms with Gasteiger partial charge in [0.05, 0.1) is 24.9 Å². The van der Waals surface area contributed by atoms with Gasteiger partial charge in [-0.15, -0.1) is 0 Å². The maximum absolute atomic E-state index is 12.0. The highest BCUT2D eigenvalue weighted by Crippen LogP contribution is 2.24. The second-order valence-electron chi connectivity index (χ2n) is 10.8. The van der Waals surface area contributed by atoms with Crippen LogP contribution in [0.5, 0.6) is 0 Å². The summed E-state index contributed by atoms with van der Waals surface area (Å²) < 4.78 is 21.7. The first-order chi connectivity index (χ1) is 18.1. The van der Waals surface area contributed by atoms with Gasteiger partial charge in [0.25, 0.3) is 0 Å². The largest absolute Gasteiger partial charge is 0.433 e. The Balaban J connectivity index is 1.40. The lowest BCUT2D eigenvalue weighted by atomic mass is 9.99. The average molecular weight is 551 g/mol. The summed E-state index contributed by atoms with van der Waals surface area (Å²) in [6, 6.07) is 0. The molecule has 0 saturated carbocycles. The first kappa shape index (κ1) is 33.3. The van der Waals surface area contributed by atoms with Crippen LogP contribution in [0.1, 0.15) is 97.3 Å². The Labute approximate surface area is 226 Å². The van der Waals surface area contributed by atoms with E-state index < -0.39 is 61.8 Å². The van der Waals surface area contributed by atoms with E-state index in [4.69, 9.17) is 18.9 Å². The summed E-state index contributed by atoms with van der Waals surface area (Å²) in [5.41, 5.74) is 0. The minimum absolute atomic E-state index is 0.00779. The van der Waals surface area contributed by atoms with Gasteiger partial charge in [0.15, 0.2) is 6.29 Å². The molecule has 2 aliphatic rings. The van der Waals surface area contributed by atoms with Gasteiger partial charge in [0, 0.05) is 12.8 Å². The number of carbonyl (C=O) groups is 1. The standard InChI is InChI=1S/C27H50O11/c1-17(35-26-20(30)15-19(29)18(2)36-26)13-11-9-7-5-3-4-6-8-10-12-14-22(31)38-27-25(34)24(33)23(32)21(16-28)37-27/h17-21,23-30,32-34H,3-16H2,1-2H3/t17-,18+,19-,20-,21-,23-,24+,25-,26-,27+/m1/s1. The quantitative estimate of drug-likeness (QED) is 0.114. The normalized spacial score (nSPS) is 34.7. The molecule has 0 aromatic rings. The van der Waals surface area contributed by atoms with Gasteiger partial charge in [0.1, 0.15) is 30.5 Å². The molecule has 0 radical (unpaired) electrons. The fourth-order valence-electron chi connectivity index (χ4n) is 4.83. The Morgan fingerprint density at radius 3 is 1.97 bits per heavy atom. The van der Waals surface area contributed by atoms with Crippen LogP contribution in [0.25, 0.3) is 0 Å². The summed E-state index contributed by atoms with van der Waals surface area (Å²) >= 11 is 0. The van der Waals surface area contributed by atoms with E-state index in [0.29, 0.717) is 6.42 Å². The van der Waals surface area contributed by atoms with E-state index in [1.807, 2.05) is 6.92 Å². The molecule has 0 aliphatic carbocycles. The van der Waals surface area contributed by atoms with Crippen molar-refractivity contribution >= 4 is 5.97 Å². The van der Waals surface area contributed by atoms with Gasteiger partial charge in [-0.2, -0.15) is 0 Å². The second kappa shape index (κ2) is 17.7. The van der Waals surface area contributed by atoms with Gasteiger partial charge >= 0.3 is 5.97 Å². The Bertz CT molecular complexity index is 649. The molecule has 0 spiro atoms. The fourth-order valence-corrected chi connectivity index (χ4v) is 4.83. The lowest BCUT2D eigenvalue weighted by Gasteiger charge is -2.39. The Kier molecular flexibility index (Phi) is 15.5. The Morgan fingerprint density at radius 1 is 0.789 bits per heavy atom. The molecule has 2 fully saturated rings. The van der Waals surface area contributed by atoms with E-state index in [-0.39, 0.29) is 25.0 Å². The molecule has 2 heterocycles. The number of unbranched alkanes of at least 4 members (excludes halogenated alkanes) is 9. The Hall–Kier alpha value is -0.890. The van der Waals surface area contributed by atoms with Crippen molar-refractivity contribution in [3.63, 3.8) is 0 Å². The number of ether oxygens (including phenoxy) is 4. The zero-order valence-electron chi connectivity index (χ0n) is 22.9. The summed E-state index contributed by atoms with van der Waals surface area (Å²) in [7, 11) is 0. The summed E-state index contributed by atoms with van der Waals surface area (Å²) in [4.78, 5) is 12.0.